The summed E-state index contributed by atoms with van der Waals surface area (Å²) in [7, 11) is 1.53. The van der Waals surface area contributed by atoms with E-state index in [0.717, 1.165) is 0 Å². The van der Waals surface area contributed by atoms with Gasteiger partial charge in [-0.15, -0.1) is 0 Å². The van der Waals surface area contributed by atoms with E-state index in [0.29, 0.717) is 24.7 Å². The summed E-state index contributed by atoms with van der Waals surface area (Å²) in [6.45, 7) is 0.340. The molecule has 94 valence electrons. The lowest BCUT2D eigenvalue weighted by atomic mass is 10.2. The molecule has 1 aromatic rings. The zero-order chi connectivity index (χ0) is 12.3. The summed E-state index contributed by atoms with van der Waals surface area (Å²) in [4.78, 5) is 3.96. The summed E-state index contributed by atoms with van der Waals surface area (Å²) in [6.07, 6.45) is -0.196. The molecule has 6 heteroatoms. The average molecular weight is 241 g/mol. The molecule has 0 unspecified atom stereocenters. The number of pyridine rings is 1. The largest absolute Gasteiger partial charge is 0.488 e. The fourth-order valence-electron chi connectivity index (χ4n) is 1.68. The topological polar surface area (TPSA) is 81.0 Å². The van der Waals surface area contributed by atoms with Crippen LogP contribution in [0.5, 0.6) is 11.6 Å². The molecule has 0 aromatic carbocycles. The Kier molecular flexibility index (Phi) is 3.78. The van der Waals surface area contributed by atoms with E-state index in [4.69, 9.17) is 24.4 Å². The van der Waals surface area contributed by atoms with Crippen LogP contribution in [0.4, 0.5) is 0 Å². The average Bonchev–Trinajstić information content (AvgIpc) is 2.78. The number of aliphatic hydroxyl groups excluding tert-OH is 1. The maximum Gasteiger partial charge on any atom is 0.216 e. The molecule has 0 aliphatic carbocycles. The minimum atomic E-state index is -1.46. The van der Waals surface area contributed by atoms with Crippen molar-refractivity contribution in [2.24, 2.45) is 0 Å². The molecule has 1 fully saturated rings. The quantitative estimate of drug-likeness (QED) is 0.719. The molecule has 0 radical (unpaired) electrons. The lowest BCUT2D eigenvalue weighted by molar-refractivity contribution is -0.127. The minimum absolute atomic E-state index is 0.186. The highest BCUT2D eigenvalue weighted by atomic mass is 16.6. The predicted molar refractivity (Wildman–Crippen MR) is 57.8 cm³/mol. The van der Waals surface area contributed by atoms with Gasteiger partial charge in [-0.2, -0.15) is 0 Å². The van der Waals surface area contributed by atoms with Crippen molar-refractivity contribution in [2.45, 2.75) is 24.9 Å². The molecular weight excluding hydrogens is 226 g/mol. The number of nitrogens with zero attached hydrogens (tertiary/aromatic N) is 1. The van der Waals surface area contributed by atoms with Crippen LogP contribution < -0.4 is 9.47 Å². The molecule has 2 heterocycles. The highest BCUT2D eigenvalue weighted by Crippen LogP contribution is 2.23. The number of methoxy groups -OCH3 is 1. The lowest BCUT2D eigenvalue weighted by Gasteiger charge is -2.13. The first kappa shape index (κ1) is 12.1. The normalized spacial score (nSPS) is 24.0. The monoisotopic (exact) mass is 241 g/mol. The third-order valence-corrected chi connectivity index (χ3v) is 2.54. The Morgan fingerprint density at radius 3 is 3.00 bits per heavy atom. The van der Waals surface area contributed by atoms with Gasteiger partial charge in [0.05, 0.1) is 13.7 Å². The van der Waals surface area contributed by atoms with Crippen LogP contribution in [-0.2, 0) is 4.74 Å². The summed E-state index contributed by atoms with van der Waals surface area (Å²) in [5.74, 6) is 1.10. The van der Waals surface area contributed by atoms with Crippen molar-refractivity contribution in [3.05, 3.63) is 18.3 Å². The second-order valence-electron chi connectivity index (χ2n) is 3.79. The van der Waals surface area contributed by atoms with Gasteiger partial charge in [0.1, 0.15) is 18.0 Å². The standard InChI is InChI=1S/C11H15NO5/c1-15-10-5-7(2-3-12-10)17-8-4-9(11(13)14)16-6-8/h2-3,5,8-9,11,13-14H,4,6H2,1H3/t8-,9+/m0/s1. The maximum atomic E-state index is 8.96. The molecule has 0 spiro atoms. The fraction of sp³-hybridized carbons (Fsp3) is 0.545. The Labute approximate surface area is 98.8 Å². The van der Waals surface area contributed by atoms with E-state index >= 15 is 0 Å². The van der Waals surface area contributed by atoms with E-state index in [9.17, 15) is 0 Å². The van der Waals surface area contributed by atoms with E-state index in [1.54, 1.807) is 18.3 Å². The number of hydrogen-bond donors (Lipinski definition) is 2. The molecule has 0 saturated carbocycles. The Hall–Kier alpha value is -1.37. The number of aromatic nitrogens is 1. The Morgan fingerprint density at radius 2 is 2.35 bits per heavy atom. The van der Waals surface area contributed by atoms with Crippen molar-refractivity contribution >= 4 is 0 Å². The molecule has 1 aliphatic heterocycles. The van der Waals surface area contributed by atoms with Crippen LogP contribution in [0.25, 0.3) is 0 Å². The van der Waals surface area contributed by atoms with Gasteiger partial charge < -0.3 is 24.4 Å². The first-order valence-corrected chi connectivity index (χ1v) is 5.33. The third-order valence-electron chi connectivity index (χ3n) is 2.54. The van der Waals surface area contributed by atoms with Gasteiger partial charge >= 0.3 is 0 Å². The number of rotatable bonds is 4. The van der Waals surface area contributed by atoms with Crippen molar-refractivity contribution in [1.82, 2.24) is 4.98 Å². The molecule has 2 atom stereocenters. The van der Waals surface area contributed by atoms with Gasteiger partial charge in [-0.05, 0) is 6.07 Å². The number of hydrogen-bond acceptors (Lipinski definition) is 6. The molecule has 2 rings (SSSR count). The van der Waals surface area contributed by atoms with E-state index in [-0.39, 0.29) is 6.10 Å². The van der Waals surface area contributed by atoms with Gasteiger partial charge in [-0.25, -0.2) is 4.98 Å². The van der Waals surface area contributed by atoms with Crippen molar-refractivity contribution < 1.29 is 24.4 Å². The van der Waals surface area contributed by atoms with Crippen LogP contribution in [0.1, 0.15) is 6.42 Å². The Morgan fingerprint density at radius 1 is 1.53 bits per heavy atom. The van der Waals surface area contributed by atoms with Crippen LogP contribution in [0.3, 0.4) is 0 Å². The molecule has 1 aliphatic rings. The van der Waals surface area contributed by atoms with E-state index in [1.165, 1.54) is 7.11 Å². The molecule has 1 saturated heterocycles. The van der Waals surface area contributed by atoms with Gasteiger partial charge in [0.15, 0.2) is 6.29 Å². The highest BCUT2D eigenvalue weighted by molar-refractivity contribution is 5.26. The summed E-state index contributed by atoms with van der Waals surface area (Å²) < 4.78 is 15.8. The Bertz CT molecular complexity index is 371. The van der Waals surface area contributed by atoms with Crippen molar-refractivity contribution in [2.75, 3.05) is 13.7 Å². The molecule has 2 N–H and O–H groups in total. The first-order valence-electron chi connectivity index (χ1n) is 5.33. The third kappa shape index (κ3) is 3.06. The maximum absolute atomic E-state index is 8.96. The van der Waals surface area contributed by atoms with Crippen molar-refractivity contribution in [1.29, 1.82) is 0 Å². The fourth-order valence-corrected chi connectivity index (χ4v) is 1.68. The molecule has 0 amide bonds. The van der Waals surface area contributed by atoms with Crippen molar-refractivity contribution in [3.63, 3.8) is 0 Å². The zero-order valence-corrected chi connectivity index (χ0v) is 9.44. The van der Waals surface area contributed by atoms with Gasteiger partial charge in [0, 0.05) is 18.7 Å². The Balaban J connectivity index is 1.93. The lowest BCUT2D eigenvalue weighted by Crippen LogP contribution is -2.25. The summed E-state index contributed by atoms with van der Waals surface area (Å²) in [5.41, 5.74) is 0. The van der Waals surface area contributed by atoms with Crippen molar-refractivity contribution in [3.8, 4) is 11.6 Å². The number of ether oxygens (including phenoxy) is 3. The van der Waals surface area contributed by atoms with Gasteiger partial charge in [-0.3, -0.25) is 0 Å². The van der Waals surface area contributed by atoms with Crippen LogP contribution in [-0.4, -0.2) is 47.4 Å². The molecular formula is C11H15NO5. The van der Waals surface area contributed by atoms with Crippen LogP contribution in [0, 0.1) is 0 Å². The molecule has 6 nitrogen and oxygen atoms in total. The molecule has 1 aromatic heterocycles. The van der Waals surface area contributed by atoms with E-state index in [1.807, 2.05) is 0 Å². The summed E-state index contributed by atoms with van der Waals surface area (Å²) >= 11 is 0. The smallest absolute Gasteiger partial charge is 0.216 e. The van der Waals surface area contributed by atoms with Crippen LogP contribution in [0.2, 0.25) is 0 Å². The van der Waals surface area contributed by atoms with Gasteiger partial charge in [-0.1, -0.05) is 0 Å². The minimum Gasteiger partial charge on any atom is -0.488 e. The van der Waals surface area contributed by atoms with Gasteiger partial charge in [0.25, 0.3) is 0 Å². The summed E-state index contributed by atoms with van der Waals surface area (Å²) in [5, 5.41) is 17.9. The van der Waals surface area contributed by atoms with E-state index < -0.39 is 12.4 Å². The van der Waals surface area contributed by atoms with Crippen LogP contribution >= 0.6 is 0 Å². The zero-order valence-electron chi connectivity index (χ0n) is 9.44. The number of aliphatic hydroxyl groups is 2. The predicted octanol–water partition coefficient (Wildman–Crippen LogP) is -0.0628. The van der Waals surface area contributed by atoms with Crippen LogP contribution in [0.15, 0.2) is 18.3 Å². The second kappa shape index (κ2) is 5.31. The SMILES string of the molecule is COc1cc(O[C@@H]2CO[C@@H](C(O)O)C2)ccn1. The second-order valence-corrected chi connectivity index (χ2v) is 3.79. The summed E-state index contributed by atoms with van der Waals surface area (Å²) in [6, 6.07) is 3.38. The van der Waals surface area contributed by atoms with E-state index in [2.05, 4.69) is 4.98 Å². The highest BCUT2D eigenvalue weighted by Gasteiger charge is 2.31. The first-order chi connectivity index (χ1) is 8.19. The molecule has 17 heavy (non-hydrogen) atoms. The molecule has 0 bridgehead atoms. The van der Waals surface area contributed by atoms with Gasteiger partial charge in [0.2, 0.25) is 5.88 Å².